The zero-order valence-corrected chi connectivity index (χ0v) is 13.2. The maximum absolute atomic E-state index is 14.2. The molecule has 126 valence electrons. The van der Waals surface area contributed by atoms with Crippen LogP contribution in [0.1, 0.15) is 31.2 Å². The van der Waals surface area contributed by atoms with Crippen molar-refractivity contribution in [1.82, 2.24) is 14.5 Å². The predicted molar refractivity (Wildman–Crippen MR) is 88.9 cm³/mol. The van der Waals surface area contributed by atoms with E-state index in [9.17, 15) is 14.0 Å². The van der Waals surface area contributed by atoms with Crippen molar-refractivity contribution in [3.05, 3.63) is 56.5 Å². The lowest BCUT2D eigenvalue weighted by molar-refractivity contribution is 0.195. The van der Waals surface area contributed by atoms with Gasteiger partial charge in [0.15, 0.2) is 0 Å². The van der Waals surface area contributed by atoms with E-state index in [1.54, 1.807) is 12.1 Å². The van der Waals surface area contributed by atoms with Crippen LogP contribution in [-0.2, 0) is 6.54 Å². The van der Waals surface area contributed by atoms with E-state index in [1.807, 2.05) is 0 Å². The zero-order chi connectivity index (χ0) is 16.7. The molecular weight excluding hydrogens is 311 g/mol. The lowest BCUT2D eigenvalue weighted by atomic mass is 10.1. The monoisotopic (exact) mass is 330 g/mol. The fraction of sp³-hybridized carbons (Fsp3) is 0.412. The number of fused-ring (bicyclic) bond motifs is 1. The van der Waals surface area contributed by atoms with E-state index in [0.717, 1.165) is 12.8 Å². The van der Waals surface area contributed by atoms with Gasteiger partial charge in [-0.3, -0.25) is 14.7 Å². The molecule has 2 aromatic rings. The van der Waals surface area contributed by atoms with Gasteiger partial charge in [0, 0.05) is 12.6 Å². The second kappa shape index (κ2) is 5.90. The lowest BCUT2D eigenvalue weighted by Gasteiger charge is -2.34. The molecule has 0 atom stereocenters. The van der Waals surface area contributed by atoms with Crippen molar-refractivity contribution in [1.29, 1.82) is 0 Å². The average molecular weight is 330 g/mol. The normalized spacial score (nSPS) is 18.4. The Balaban J connectivity index is 1.81. The Bertz CT molecular complexity index is 883. The number of aromatic nitrogens is 2. The molecule has 1 aliphatic heterocycles. The fourth-order valence-corrected chi connectivity index (χ4v) is 3.73. The van der Waals surface area contributed by atoms with Crippen molar-refractivity contribution in [2.24, 2.45) is 0 Å². The van der Waals surface area contributed by atoms with Crippen molar-refractivity contribution < 1.29 is 4.39 Å². The quantitative estimate of drug-likeness (QED) is 0.881. The molecule has 1 fully saturated rings. The number of H-pyrrole nitrogens is 1. The first-order valence-corrected chi connectivity index (χ1v) is 8.26. The first-order chi connectivity index (χ1) is 11.6. The summed E-state index contributed by atoms with van der Waals surface area (Å²) < 4.78 is 15.4. The molecule has 0 saturated heterocycles. The molecule has 1 saturated carbocycles. The molecule has 2 aliphatic rings. The molecule has 0 spiro atoms. The SMILES string of the molecule is O=c1[nH]c(=O)n(-c2ccccc2F)c2c1CN(C1CCCC1)CN2. The Morgan fingerprint density at radius 2 is 1.88 bits per heavy atom. The smallest absolute Gasteiger partial charge is 0.334 e. The first kappa shape index (κ1) is 15.1. The largest absolute Gasteiger partial charge is 0.358 e. The molecule has 4 rings (SSSR count). The van der Waals surface area contributed by atoms with Gasteiger partial charge in [-0.25, -0.2) is 13.8 Å². The highest BCUT2D eigenvalue weighted by Gasteiger charge is 2.29. The highest BCUT2D eigenvalue weighted by molar-refractivity contribution is 5.52. The van der Waals surface area contributed by atoms with Gasteiger partial charge in [-0.2, -0.15) is 0 Å². The van der Waals surface area contributed by atoms with Crippen molar-refractivity contribution in [2.75, 3.05) is 12.0 Å². The Labute approximate surface area is 137 Å². The van der Waals surface area contributed by atoms with E-state index in [-0.39, 0.29) is 5.69 Å². The van der Waals surface area contributed by atoms with Crippen LogP contribution in [0.2, 0.25) is 0 Å². The third-order valence-electron chi connectivity index (χ3n) is 4.95. The van der Waals surface area contributed by atoms with Crippen molar-refractivity contribution in [2.45, 2.75) is 38.3 Å². The molecule has 0 bridgehead atoms. The standard InChI is InChI=1S/C17H19FN4O2/c18-13-7-3-4-8-14(13)22-15-12(16(23)20-17(22)24)9-21(10-19-15)11-5-1-2-6-11/h3-4,7-8,11,19H,1-2,5-6,9-10H2,(H,20,23,24). The van der Waals surface area contributed by atoms with Crippen molar-refractivity contribution in [3.8, 4) is 5.69 Å². The topological polar surface area (TPSA) is 70.1 Å². The lowest BCUT2D eigenvalue weighted by Crippen LogP contribution is -2.46. The molecule has 1 aliphatic carbocycles. The van der Waals surface area contributed by atoms with Crippen LogP contribution in [0.4, 0.5) is 10.2 Å². The van der Waals surface area contributed by atoms with E-state index >= 15 is 0 Å². The number of nitrogens with one attached hydrogen (secondary N) is 2. The molecule has 6 nitrogen and oxygen atoms in total. The molecule has 7 heteroatoms. The van der Waals surface area contributed by atoms with Crippen LogP contribution in [0.15, 0.2) is 33.9 Å². The van der Waals surface area contributed by atoms with Gasteiger partial charge < -0.3 is 5.32 Å². The number of nitrogens with zero attached hydrogens (tertiary/aromatic N) is 2. The highest BCUT2D eigenvalue weighted by atomic mass is 19.1. The van der Waals surface area contributed by atoms with Gasteiger partial charge in [0.05, 0.1) is 17.9 Å². The van der Waals surface area contributed by atoms with E-state index in [1.165, 1.54) is 29.5 Å². The van der Waals surface area contributed by atoms with Gasteiger partial charge in [0.1, 0.15) is 11.6 Å². The summed E-state index contributed by atoms with van der Waals surface area (Å²) in [6.07, 6.45) is 4.67. The Hall–Kier alpha value is -2.41. The molecule has 24 heavy (non-hydrogen) atoms. The van der Waals surface area contributed by atoms with Gasteiger partial charge in [-0.05, 0) is 25.0 Å². The van der Waals surface area contributed by atoms with Crippen LogP contribution >= 0.6 is 0 Å². The summed E-state index contributed by atoms with van der Waals surface area (Å²) in [6, 6.07) is 6.51. The molecule has 0 radical (unpaired) electrons. The summed E-state index contributed by atoms with van der Waals surface area (Å²) in [7, 11) is 0. The maximum atomic E-state index is 14.2. The van der Waals surface area contributed by atoms with Gasteiger partial charge in [0.25, 0.3) is 5.56 Å². The number of para-hydroxylation sites is 1. The predicted octanol–water partition coefficient (Wildman–Crippen LogP) is 1.79. The number of benzene rings is 1. The van der Waals surface area contributed by atoms with Crippen LogP contribution in [0.5, 0.6) is 0 Å². The third kappa shape index (κ3) is 2.45. The molecule has 1 aromatic heterocycles. The Morgan fingerprint density at radius 3 is 2.62 bits per heavy atom. The summed E-state index contributed by atoms with van der Waals surface area (Å²) in [6.45, 7) is 1.02. The summed E-state index contributed by atoms with van der Waals surface area (Å²) in [4.78, 5) is 29.1. The van der Waals surface area contributed by atoms with E-state index in [2.05, 4.69) is 15.2 Å². The summed E-state index contributed by atoms with van der Waals surface area (Å²) >= 11 is 0. The second-order valence-electron chi connectivity index (χ2n) is 6.39. The third-order valence-corrected chi connectivity index (χ3v) is 4.95. The molecule has 2 N–H and O–H groups in total. The fourth-order valence-electron chi connectivity index (χ4n) is 3.73. The number of aromatic amines is 1. The molecule has 0 amide bonds. The number of hydrogen-bond donors (Lipinski definition) is 2. The van der Waals surface area contributed by atoms with Gasteiger partial charge in [-0.1, -0.05) is 25.0 Å². The van der Waals surface area contributed by atoms with E-state index < -0.39 is 17.1 Å². The first-order valence-electron chi connectivity index (χ1n) is 8.26. The number of halogens is 1. The Morgan fingerprint density at radius 1 is 1.12 bits per heavy atom. The molecule has 2 heterocycles. The molecule has 1 aromatic carbocycles. The van der Waals surface area contributed by atoms with Gasteiger partial charge in [-0.15, -0.1) is 0 Å². The van der Waals surface area contributed by atoms with Gasteiger partial charge in [0.2, 0.25) is 0 Å². The number of rotatable bonds is 2. The van der Waals surface area contributed by atoms with Crippen LogP contribution in [0, 0.1) is 5.82 Å². The summed E-state index contributed by atoms with van der Waals surface area (Å²) in [5.41, 5.74) is -0.420. The summed E-state index contributed by atoms with van der Waals surface area (Å²) in [5.74, 6) is -0.114. The van der Waals surface area contributed by atoms with Gasteiger partial charge >= 0.3 is 5.69 Å². The minimum Gasteiger partial charge on any atom is -0.358 e. The zero-order valence-electron chi connectivity index (χ0n) is 13.2. The van der Waals surface area contributed by atoms with E-state index in [4.69, 9.17) is 0 Å². The van der Waals surface area contributed by atoms with Crippen LogP contribution in [-0.4, -0.2) is 27.2 Å². The molecular formula is C17H19FN4O2. The van der Waals surface area contributed by atoms with Crippen LogP contribution in [0.3, 0.4) is 0 Å². The highest BCUT2D eigenvalue weighted by Crippen LogP contribution is 2.28. The minimum absolute atomic E-state index is 0.136. The van der Waals surface area contributed by atoms with Crippen molar-refractivity contribution >= 4 is 5.82 Å². The average Bonchev–Trinajstić information content (AvgIpc) is 3.11. The van der Waals surface area contributed by atoms with E-state index in [0.29, 0.717) is 30.6 Å². The van der Waals surface area contributed by atoms with Crippen molar-refractivity contribution in [3.63, 3.8) is 0 Å². The van der Waals surface area contributed by atoms with Crippen LogP contribution in [0.25, 0.3) is 5.69 Å². The summed E-state index contributed by atoms with van der Waals surface area (Å²) in [5, 5.41) is 3.17. The number of anilines is 1. The molecule has 0 unspecified atom stereocenters. The maximum Gasteiger partial charge on any atom is 0.334 e. The van der Waals surface area contributed by atoms with Crippen LogP contribution < -0.4 is 16.6 Å². The number of hydrogen-bond acceptors (Lipinski definition) is 4. The second-order valence-corrected chi connectivity index (χ2v) is 6.39. The minimum atomic E-state index is -0.634. The Kier molecular flexibility index (Phi) is 3.72.